The molecule has 164 valence electrons. The van der Waals surface area contributed by atoms with Crippen molar-refractivity contribution < 1.29 is 22.7 Å². The number of amides is 1. The van der Waals surface area contributed by atoms with Crippen LogP contribution in [0.4, 0.5) is 0 Å². The predicted molar refractivity (Wildman–Crippen MR) is 111 cm³/mol. The molecule has 0 saturated carbocycles. The van der Waals surface area contributed by atoms with Crippen molar-refractivity contribution in [2.45, 2.75) is 24.3 Å². The van der Waals surface area contributed by atoms with Crippen LogP contribution in [0.5, 0.6) is 11.5 Å². The van der Waals surface area contributed by atoms with E-state index >= 15 is 0 Å². The third-order valence-corrected chi connectivity index (χ3v) is 6.95. The highest BCUT2D eigenvalue weighted by molar-refractivity contribution is 7.89. The number of hydrogen-bond donors (Lipinski definition) is 1. The highest BCUT2D eigenvalue weighted by Gasteiger charge is 2.34. The van der Waals surface area contributed by atoms with Gasteiger partial charge in [0.05, 0.1) is 26.5 Å². The van der Waals surface area contributed by atoms with E-state index in [1.165, 1.54) is 16.8 Å². The molecule has 2 aromatic rings. The minimum atomic E-state index is -3.69. The van der Waals surface area contributed by atoms with Crippen LogP contribution in [0.3, 0.4) is 0 Å². The smallest absolute Gasteiger partial charge is 0.262 e. The number of aryl methyl sites for hydroxylation is 1. The molecule has 30 heavy (non-hydrogen) atoms. The molecule has 10 heteroatoms. The van der Waals surface area contributed by atoms with Gasteiger partial charge in [-0.15, -0.1) is 0 Å². The first-order valence-corrected chi connectivity index (χ1v) is 11.3. The van der Waals surface area contributed by atoms with Crippen LogP contribution in [-0.4, -0.2) is 62.0 Å². The number of ether oxygens (including phenoxy) is 2. The van der Waals surface area contributed by atoms with Gasteiger partial charge in [0.15, 0.2) is 16.5 Å². The molecule has 1 amide bonds. The zero-order valence-corrected chi connectivity index (χ0v) is 18.3. The Morgan fingerprint density at radius 1 is 1.27 bits per heavy atom. The average Bonchev–Trinajstić information content (AvgIpc) is 3.20. The van der Waals surface area contributed by atoms with Crippen molar-refractivity contribution in [3.8, 4) is 11.5 Å². The topological polar surface area (TPSA) is 103 Å². The largest absolute Gasteiger partial charge is 0.493 e. The van der Waals surface area contributed by atoms with Gasteiger partial charge in [-0.2, -0.15) is 4.31 Å². The van der Waals surface area contributed by atoms with Gasteiger partial charge in [0, 0.05) is 32.9 Å². The summed E-state index contributed by atoms with van der Waals surface area (Å²) in [4.78, 5) is 16.6. The van der Waals surface area contributed by atoms with E-state index in [9.17, 15) is 13.2 Å². The number of imidazole rings is 1. The standard InChI is InChI=1S/C20H28N4O5S/c1-23-13-19(22-14-23)30(26,27)24-10-4-5-16(12-24)20(25)21-9-8-15-6-7-17(28-2)18(11-15)29-3/h6-7,11,13-14,16H,4-5,8-10,12H2,1-3H3,(H,21,25)/t16-/m0/s1. The van der Waals surface area contributed by atoms with E-state index in [0.29, 0.717) is 43.9 Å². The summed E-state index contributed by atoms with van der Waals surface area (Å²) in [7, 11) is 1.19. The molecule has 1 atom stereocenters. The number of nitrogens with zero attached hydrogens (tertiary/aromatic N) is 3. The molecule has 1 saturated heterocycles. The lowest BCUT2D eigenvalue weighted by molar-refractivity contribution is -0.126. The van der Waals surface area contributed by atoms with Gasteiger partial charge >= 0.3 is 0 Å². The molecular weight excluding hydrogens is 408 g/mol. The Balaban J connectivity index is 1.55. The summed E-state index contributed by atoms with van der Waals surface area (Å²) in [5.41, 5.74) is 1.01. The minimum absolute atomic E-state index is 0.0134. The quantitative estimate of drug-likeness (QED) is 0.667. The fourth-order valence-corrected chi connectivity index (χ4v) is 5.03. The number of carbonyl (C=O) groups is 1. The second-order valence-corrected chi connectivity index (χ2v) is 9.19. The van der Waals surface area contributed by atoms with Gasteiger partial charge in [-0.1, -0.05) is 6.07 Å². The molecule has 3 rings (SSSR count). The summed E-state index contributed by atoms with van der Waals surface area (Å²) in [6.45, 7) is 1.02. The number of carbonyl (C=O) groups excluding carboxylic acids is 1. The van der Waals surface area contributed by atoms with Crippen LogP contribution in [0, 0.1) is 5.92 Å². The zero-order valence-electron chi connectivity index (χ0n) is 17.5. The Labute approximate surface area is 177 Å². The monoisotopic (exact) mass is 436 g/mol. The van der Waals surface area contributed by atoms with Gasteiger partial charge in [0.1, 0.15) is 0 Å². The lowest BCUT2D eigenvalue weighted by Gasteiger charge is -2.30. The molecule has 1 aromatic carbocycles. The average molecular weight is 437 g/mol. The highest BCUT2D eigenvalue weighted by atomic mass is 32.2. The molecule has 0 unspecified atom stereocenters. The van der Waals surface area contributed by atoms with Gasteiger partial charge in [-0.25, -0.2) is 13.4 Å². The number of benzene rings is 1. The molecule has 0 spiro atoms. The van der Waals surface area contributed by atoms with Crippen molar-refractivity contribution in [2.24, 2.45) is 13.0 Å². The van der Waals surface area contributed by atoms with Gasteiger partial charge < -0.3 is 19.4 Å². The Morgan fingerprint density at radius 3 is 2.70 bits per heavy atom. The number of sulfonamides is 1. The second kappa shape index (κ2) is 9.48. The zero-order chi connectivity index (χ0) is 21.7. The van der Waals surface area contributed by atoms with E-state index in [1.807, 2.05) is 18.2 Å². The van der Waals surface area contributed by atoms with Crippen molar-refractivity contribution in [3.63, 3.8) is 0 Å². The van der Waals surface area contributed by atoms with Crippen LogP contribution in [0.15, 0.2) is 35.7 Å². The van der Waals surface area contributed by atoms with Gasteiger partial charge in [-0.3, -0.25) is 4.79 Å². The van der Waals surface area contributed by atoms with Crippen LogP contribution in [0.25, 0.3) is 0 Å². The Hall–Kier alpha value is -2.59. The van der Waals surface area contributed by atoms with Crippen molar-refractivity contribution in [1.29, 1.82) is 0 Å². The lowest BCUT2D eigenvalue weighted by Crippen LogP contribution is -2.45. The first-order valence-electron chi connectivity index (χ1n) is 9.82. The minimum Gasteiger partial charge on any atom is -0.493 e. The van der Waals surface area contributed by atoms with Crippen molar-refractivity contribution in [2.75, 3.05) is 33.9 Å². The Morgan fingerprint density at radius 2 is 2.03 bits per heavy atom. The molecular formula is C20H28N4O5S. The van der Waals surface area contributed by atoms with Gasteiger partial charge in [0.2, 0.25) is 5.91 Å². The van der Waals surface area contributed by atoms with Crippen molar-refractivity contribution >= 4 is 15.9 Å². The van der Waals surface area contributed by atoms with Crippen LogP contribution >= 0.6 is 0 Å². The fourth-order valence-electron chi connectivity index (χ4n) is 3.54. The first kappa shape index (κ1) is 22.1. The molecule has 1 aliphatic heterocycles. The molecule has 0 aliphatic carbocycles. The molecule has 2 heterocycles. The van der Waals surface area contributed by atoms with Crippen LogP contribution < -0.4 is 14.8 Å². The molecule has 0 bridgehead atoms. The third-order valence-electron chi connectivity index (χ3n) is 5.20. The summed E-state index contributed by atoms with van der Waals surface area (Å²) in [5.74, 6) is 0.796. The van der Waals surface area contributed by atoms with Gasteiger partial charge in [0.25, 0.3) is 10.0 Å². The number of aromatic nitrogens is 2. The highest BCUT2D eigenvalue weighted by Crippen LogP contribution is 2.27. The maximum Gasteiger partial charge on any atom is 0.262 e. The summed E-state index contributed by atoms with van der Waals surface area (Å²) >= 11 is 0. The van der Waals surface area contributed by atoms with E-state index in [4.69, 9.17) is 9.47 Å². The normalized spacial score (nSPS) is 17.5. The number of nitrogens with one attached hydrogen (secondary N) is 1. The number of rotatable bonds is 8. The number of hydrogen-bond acceptors (Lipinski definition) is 6. The Kier molecular flexibility index (Phi) is 6.99. The molecule has 9 nitrogen and oxygen atoms in total. The summed E-state index contributed by atoms with van der Waals surface area (Å²) in [6.07, 6.45) is 4.86. The first-order chi connectivity index (χ1) is 14.3. The van der Waals surface area contributed by atoms with Gasteiger partial charge in [-0.05, 0) is 37.0 Å². The SMILES string of the molecule is COc1ccc(CCNC(=O)[C@H]2CCCN(S(=O)(=O)c3cn(C)cn3)C2)cc1OC. The maximum atomic E-state index is 12.8. The van der Waals surface area contributed by atoms with Crippen LogP contribution in [0.2, 0.25) is 0 Å². The fraction of sp³-hybridized carbons (Fsp3) is 0.500. The maximum absolute atomic E-state index is 12.8. The second-order valence-electron chi connectivity index (χ2n) is 7.31. The number of piperidine rings is 1. The molecule has 1 aliphatic rings. The van der Waals surface area contributed by atoms with E-state index in [0.717, 1.165) is 5.56 Å². The Bertz CT molecular complexity index is 989. The predicted octanol–water partition coefficient (Wildman–Crippen LogP) is 1.20. The summed E-state index contributed by atoms with van der Waals surface area (Å²) in [6, 6.07) is 5.64. The van der Waals surface area contributed by atoms with E-state index in [-0.39, 0.29) is 23.4 Å². The third kappa shape index (κ3) is 4.93. The molecule has 1 fully saturated rings. The van der Waals surface area contributed by atoms with Crippen molar-refractivity contribution in [3.05, 3.63) is 36.3 Å². The molecule has 0 radical (unpaired) electrons. The summed E-state index contributed by atoms with van der Waals surface area (Å²) in [5, 5.41) is 2.94. The molecule has 1 N–H and O–H groups in total. The van der Waals surface area contributed by atoms with E-state index < -0.39 is 10.0 Å². The van der Waals surface area contributed by atoms with E-state index in [2.05, 4.69) is 10.3 Å². The lowest BCUT2D eigenvalue weighted by atomic mass is 9.99. The summed E-state index contributed by atoms with van der Waals surface area (Å²) < 4.78 is 39.0. The van der Waals surface area contributed by atoms with Crippen LogP contribution in [-0.2, 0) is 28.3 Å². The van der Waals surface area contributed by atoms with Crippen LogP contribution in [0.1, 0.15) is 18.4 Å². The van der Waals surface area contributed by atoms with Crippen molar-refractivity contribution in [1.82, 2.24) is 19.2 Å². The number of methoxy groups -OCH3 is 2. The molecule has 1 aromatic heterocycles. The van der Waals surface area contributed by atoms with E-state index in [1.54, 1.807) is 25.8 Å².